The van der Waals surface area contributed by atoms with Gasteiger partial charge < -0.3 is 4.42 Å². The summed E-state index contributed by atoms with van der Waals surface area (Å²) in [6.45, 7) is 2.89. The van der Waals surface area contributed by atoms with Gasteiger partial charge in [0, 0.05) is 35.4 Å². The van der Waals surface area contributed by atoms with E-state index < -0.39 is 10.0 Å². The number of piperidine rings is 1. The minimum absolute atomic E-state index is 0.0902. The minimum atomic E-state index is -3.44. The monoisotopic (exact) mass is 415 g/mol. The van der Waals surface area contributed by atoms with Crippen LogP contribution in [0, 0.1) is 6.92 Å². The molecule has 0 atom stereocenters. The molecule has 0 saturated carbocycles. The molecule has 6 nitrogen and oxygen atoms in total. The van der Waals surface area contributed by atoms with Crippen molar-refractivity contribution in [2.45, 2.75) is 25.7 Å². The summed E-state index contributed by atoms with van der Waals surface area (Å²) in [4.78, 5) is 0. The Morgan fingerprint density at radius 2 is 1.89 bits per heavy atom. The second kappa shape index (κ2) is 7.98. The third kappa shape index (κ3) is 4.24. The molecule has 0 bridgehead atoms. The molecule has 0 aliphatic carbocycles. The second-order valence-corrected chi connectivity index (χ2v) is 9.49. The van der Waals surface area contributed by atoms with Crippen molar-refractivity contribution in [1.82, 2.24) is 14.5 Å². The van der Waals surface area contributed by atoms with Crippen LogP contribution in [0.1, 0.15) is 35.8 Å². The third-order valence-electron chi connectivity index (χ3n) is 4.88. The minimum Gasteiger partial charge on any atom is -0.420 e. The van der Waals surface area contributed by atoms with E-state index in [4.69, 9.17) is 4.42 Å². The van der Waals surface area contributed by atoms with Gasteiger partial charge in [-0.3, -0.25) is 0 Å². The number of aryl methyl sites for hydroxylation is 1. The molecule has 1 aliphatic heterocycles. The van der Waals surface area contributed by atoms with E-state index in [1.54, 1.807) is 17.4 Å². The molecule has 0 amide bonds. The summed E-state index contributed by atoms with van der Waals surface area (Å²) < 4.78 is 32.6. The van der Waals surface area contributed by atoms with Crippen LogP contribution in [0.15, 0.2) is 50.9 Å². The lowest BCUT2D eigenvalue weighted by Crippen LogP contribution is -2.36. The third-order valence-corrected chi connectivity index (χ3v) is 7.13. The lowest BCUT2D eigenvalue weighted by atomic mass is 9.98. The van der Waals surface area contributed by atoms with Crippen LogP contribution < -0.4 is 0 Å². The Bertz CT molecular complexity index is 1050. The summed E-state index contributed by atoms with van der Waals surface area (Å²) in [5.74, 6) is 1.20. The van der Waals surface area contributed by atoms with E-state index >= 15 is 0 Å². The molecule has 1 aliphatic rings. The molecule has 0 radical (unpaired) electrons. The molecular weight excluding hydrogens is 394 g/mol. The zero-order valence-corrected chi connectivity index (χ0v) is 17.1. The Morgan fingerprint density at radius 3 is 2.57 bits per heavy atom. The highest BCUT2D eigenvalue weighted by atomic mass is 32.2. The normalized spacial score (nSPS) is 16.8. The highest BCUT2D eigenvalue weighted by molar-refractivity contribution is 7.92. The van der Waals surface area contributed by atoms with Crippen LogP contribution in [0.2, 0.25) is 0 Å². The number of rotatable bonds is 5. The van der Waals surface area contributed by atoms with Gasteiger partial charge in [-0.25, -0.2) is 8.42 Å². The second-order valence-electron chi connectivity index (χ2n) is 6.89. The summed E-state index contributed by atoms with van der Waals surface area (Å²) in [5, 5.41) is 13.5. The summed E-state index contributed by atoms with van der Waals surface area (Å²) in [5.41, 5.74) is 2.94. The summed E-state index contributed by atoms with van der Waals surface area (Å²) >= 11 is 1.58. The Kier molecular flexibility index (Phi) is 5.43. The number of nitrogens with zero attached hydrogens (tertiary/aromatic N) is 3. The predicted molar refractivity (Wildman–Crippen MR) is 110 cm³/mol. The van der Waals surface area contributed by atoms with Gasteiger partial charge in [-0.05, 0) is 42.9 Å². The fourth-order valence-electron chi connectivity index (χ4n) is 3.19. The first kappa shape index (κ1) is 19.0. The van der Waals surface area contributed by atoms with Gasteiger partial charge in [0.2, 0.25) is 21.8 Å². The van der Waals surface area contributed by atoms with Crippen LogP contribution in [-0.2, 0) is 10.0 Å². The van der Waals surface area contributed by atoms with Crippen molar-refractivity contribution >= 4 is 27.4 Å². The number of aromatic nitrogens is 2. The van der Waals surface area contributed by atoms with E-state index in [1.165, 1.54) is 9.71 Å². The molecule has 3 heterocycles. The predicted octanol–water partition coefficient (Wildman–Crippen LogP) is 4.29. The molecule has 0 unspecified atom stereocenters. The topological polar surface area (TPSA) is 76.3 Å². The Morgan fingerprint density at radius 1 is 1.14 bits per heavy atom. The summed E-state index contributed by atoms with van der Waals surface area (Å²) in [6.07, 6.45) is 2.98. The summed E-state index contributed by atoms with van der Waals surface area (Å²) in [7, 11) is -3.44. The van der Waals surface area contributed by atoms with Gasteiger partial charge in [-0.1, -0.05) is 29.8 Å². The van der Waals surface area contributed by atoms with E-state index in [0.29, 0.717) is 37.7 Å². The van der Waals surface area contributed by atoms with Crippen LogP contribution in [-0.4, -0.2) is 36.0 Å². The molecular formula is C20H21N3O3S2. The van der Waals surface area contributed by atoms with E-state index in [0.717, 1.165) is 16.7 Å². The maximum Gasteiger partial charge on any atom is 0.248 e. The first-order valence-electron chi connectivity index (χ1n) is 9.12. The van der Waals surface area contributed by atoms with Gasteiger partial charge in [0.15, 0.2) is 0 Å². The number of sulfonamides is 1. The number of hydrogen-bond donors (Lipinski definition) is 0. The number of thiophene rings is 1. The van der Waals surface area contributed by atoms with Crippen LogP contribution in [0.4, 0.5) is 0 Å². The quantitative estimate of drug-likeness (QED) is 0.621. The molecule has 1 fully saturated rings. The van der Waals surface area contributed by atoms with Crippen molar-refractivity contribution in [2.75, 3.05) is 13.1 Å². The first-order chi connectivity index (χ1) is 13.5. The molecule has 0 N–H and O–H groups in total. The smallest absolute Gasteiger partial charge is 0.248 e. The lowest BCUT2D eigenvalue weighted by molar-refractivity contribution is 0.293. The largest absolute Gasteiger partial charge is 0.420 e. The molecule has 4 rings (SSSR count). The maximum atomic E-state index is 12.6. The van der Waals surface area contributed by atoms with E-state index in [-0.39, 0.29) is 5.92 Å². The van der Waals surface area contributed by atoms with Crippen LogP contribution in [0.3, 0.4) is 0 Å². The average Bonchev–Trinajstić information content (AvgIpc) is 3.39. The highest BCUT2D eigenvalue weighted by Crippen LogP contribution is 2.31. The lowest BCUT2D eigenvalue weighted by Gasteiger charge is -2.28. The first-order valence-corrected chi connectivity index (χ1v) is 11.6. The molecule has 8 heteroatoms. The molecule has 28 heavy (non-hydrogen) atoms. The van der Waals surface area contributed by atoms with Gasteiger partial charge in [-0.2, -0.15) is 15.6 Å². The fraction of sp³-hybridized carbons (Fsp3) is 0.300. The van der Waals surface area contributed by atoms with Crippen molar-refractivity contribution in [3.05, 3.63) is 63.5 Å². The van der Waals surface area contributed by atoms with Crippen molar-refractivity contribution in [1.29, 1.82) is 0 Å². The standard InChI is InChI=1S/C20H21N3O3S2/c1-15-2-4-16(5-3-15)9-13-28(24,25)23-10-6-17(7-11-23)19-21-22-20(26-19)18-8-12-27-14-18/h2-5,8-9,12-14,17H,6-7,10-11H2,1H3/b13-9+. The summed E-state index contributed by atoms with van der Waals surface area (Å²) in [6, 6.07) is 9.69. The number of hydrogen-bond acceptors (Lipinski definition) is 6. The molecule has 1 aromatic carbocycles. The SMILES string of the molecule is Cc1ccc(/C=C/S(=O)(=O)N2CCC(c3nnc(-c4ccsc4)o3)CC2)cc1. The van der Waals surface area contributed by atoms with Gasteiger partial charge in [0.05, 0.1) is 0 Å². The Hall–Kier alpha value is -2.29. The van der Waals surface area contributed by atoms with Gasteiger partial charge in [0.25, 0.3) is 0 Å². The van der Waals surface area contributed by atoms with Gasteiger partial charge >= 0.3 is 0 Å². The highest BCUT2D eigenvalue weighted by Gasteiger charge is 2.30. The van der Waals surface area contributed by atoms with E-state index in [1.807, 2.05) is 48.0 Å². The average molecular weight is 416 g/mol. The van der Waals surface area contributed by atoms with E-state index in [2.05, 4.69) is 10.2 Å². The molecule has 3 aromatic rings. The van der Waals surface area contributed by atoms with Crippen molar-refractivity contribution in [3.63, 3.8) is 0 Å². The zero-order valence-electron chi connectivity index (χ0n) is 15.5. The van der Waals surface area contributed by atoms with Crippen LogP contribution >= 0.6 is 11.3 Å². The van der Waals surface area contributed by atoms with Gasteiger partial charge in [0.1, 0.15) is 0 Å². The molecule has 0 spiro atoms. The van der Waals surface area contributed by atoms with Crippen LogP contribution in [0.25, 0.3) is 17.5 Å². The van der Waals surface area contributed by atoms with Gasteiger partial charge in [-0.15, -0.1) is 10.2 Å². The van der Waals surface area contributed by atoms with Crippen LogP contribution in [0.5, 0.6) is 0 Å². The Balaban J connectivity index is 1.38. The van der Waals surface area contributed by atoms with Crippen molar-refractivity contribution < 1.29 is 12.8 Å². The van der Waals surface area contributed by atoms with Crippen molar-refractivity contribution in [2.24, 2.45) is 0 Å². The molecule has 146 valence electrons. The maximum absolute atomic E-state index is 12.6. The molecule has 1 saturated heterocycles. The number of benzene rings is 1. The zero-order chi connectivity index (χ0) is 19.6. The van der Waals surface area contributed by atoms with E-state index in [9.17, 15) is 8.42 Å². The Labute approximate surface area is 168 Å². The van der Waals surface area contributed by atoms with Crippen molar-refractivity contribution in [3.8, 4) is 11.5 Å². The fourth-order valence-corrected chi connectivity index (χ4v) is 5.04. The molecule has 2 aromatic heterocycles.